The molecule has 1 aromatic heterocycles. The molecule has 0 radical (unpaired) electrons. The molecule has 1 saturated heterocycles. The second-order valence-corrected chi connectivity index (χ2v) is 5.83. The van der Waals surface area contributed by atoms with Crippen LogP contribution >= 0.6 is 23.1 Å². The highest BCUT2D eigenvalue weighted by atomic mass is 32.2. The summed E-state index contributed by atoms with van der Waals surface area (Å²) in [5, 5.41) is 10.5. The Labute approximate surface area is 96.9 Å². The van der Waals surface area contributed by atoms with Crippen molar-refractivity contribution in [3.8, 4) is 0 Å². The number of rotatable bonds is 3. The number of hydrogen-bond donors (Lipinski definition) is 1. The average molecular weight is 243 g/mol. The third-order valence-corrected chi connectivity index (χ3v) is 5.18. The van der Waals surface area contributed by atoms with Gasteiger partial charge in [0.15, 0.2) is 0 Å². The van der Waals surface area contributed by atoms with E-state index >= 15 is 0 Å². The highest BCUT2D eigenvalue weighted by Gasteiger charge is 2.24. The summed E-state index contributed by atoms with van der Waals surface area (Å²) in [6, 6.07) is 0. The molecule has 0 spiro atoms. The molecular formula is C10H13NO2S2. The Morgan fingerprint density at radius 3 is 2.93 bits per heavy atom. The lowest BCUT2D eigenvalue weighted by atomic mass is 10.2. The van der Waals surface area contributed by atoms with E-state index in [9.17, 15) is 4.79 Å². The van der Waals surface area contributed by atoms with Gasteiger partial charge in [0.1, 0.15) is 9.88 Å². The van der Waals surface area contributed by atoms with Crippen LogP contribution in [0, 0.1) is 0 Å². The largest absolute Gasteiger partial charge is 0.477 e. The number of carboxylic acid groups (broad SMARTS) is 1. The van der Waals surface area contributed by atoms with E-state index < -0.39 is 5.97 Å². The quantitative estimate of drug-likeness (QED) is 0.886. The van der Waals surface area contributed by atoms with Crippen molar-refractivity contribution in [1.29, 1.82) is 0 Å². The van der Waals surface area contributed by atoms with E-state index in [1.807, 2.05) is 18.7 Å². The number of thioether (sulfide) groups is 1. The maximum absolute atomic E-state index is 11.0. The van der Waals surface area contributed by atoms with Crippen LogP contribution in [0.25, 0.3) is 0 Å². The first-order chi connectivity index (χ1) is 7.22. The van der Waals surface area contributed by atoms with E-state index in [2.05, 4.69) is 4.98 Å². The van der Waals surface area contributed by atoms with E-state index in [1.165, 1.54) is 23.5 Å². The smallest absolute Gasteiger partial charge is 0.347 e. The van der Waals surface area contributed by atoms with E-state index in [-0.39, 0.29) is 0 Å². The lowest BCUT2D eigenvalue weighted by Crippen LogP contribution is -1.97. The Hall–Kier alpha value is -0.550. The Kier molecular flexibility index (Phi) is 3.31. The number of thiazole rings is 1. The number of aromatic carboxylic acids is 1. The lowest BCUT2D eigenvalue weighted by molar-refractivity contribution is 0.0701. The van der Waals surface area contributed by atoms with Gasteiger partial charge in [-0.2, -0.15) is 11.8 Å². The number of aromatic nitrogens is 1. The van der Waals surface area contributed by atoms with Crippen molar-refractivity contribution in [2.75, 3.05) is 5.75 Å². The van der Waals surface area contributed by atoms with Gasteiger partial charge in [-0.15, -0.1) is 11.3 Å². The molecule has 1 aromatic rings. The van der Waals surface area contributed by atoms with Gasteiger partial charge in [-0.1, -0.05) is 6.92 Å². The molecular weight excluding hydrogens is 230 g/mol. The summed E-state index contributed by atoms with van der Waals surface area (Å²) in [5.41, 5.74) is 0.745. The van der Waals surface area contributed by atoms with Crippen LogP contribution in [0.2, 0.25) is 0 Å². The minimum atomic E-state index is -0.835. The fourth-order valence-corrected chi connectivity index (χ4v) is 4.19. The van der Waals surface area contributed by atoms with Gasteiger partial charge in [-0.3, -0.25) is 0 Å². The van der Waals surface area contributed by atoms with Crippen LogP contribution in [0.3, 0.4) is 0 Å². The van der Waals surface area contributed by atoms with Gasteiger partial charge in [0.05, 0.1) is 10.9 Å². The van der Waals surface area contributed by atoms with Crippen molar-refractivity contribution in [3.63, 3.8) is 0 Å². The Morgan fingerprint density at radius 1 is 1.67 bits per heavy atom. The minimum Gasteiger partial charge on any atom is -0.477 e. The van der Waals surface area contributed by atoms with Crippen molar-refractivity contribution in [2.24, 2.45) is 0 Å². The summed E-state index contributed by atoms with van der Waals surface area (Å²) in [6.07, 6.45) is 3.06. The van der Waals surface area contributed by atoms with Crippen molar-refractivity contribution < 1.29 is 9.90 Å². The summed E-state index contributed by atoms with van der Waals surface area (Å²) in [6.45, 7) is 1.95. The first-order valence-electron chi connectivity index (χ1n) is 5.07. The van der Waals surface area contributed by atoms with Gasteiger partial charge in [0.25, 0.3) is 0 Å². The number of nitrogens with zero attached hydrogens (tertiary/aromatic N) is 1. The van der Waals surface area contributed by atoms with Crippen molar-refractivity contribution in [1.82, 2.24) is 4.98 Å². The molecule has 2 rings (SSSR count). The molecule has 0 saturated carbocycles. The predicted octanol–water partition coefficient (Wildman–Crippen LogP) is 2.97. The number of aryl methyl sites for hydroxylation is 1. The summed E-state index contributed by atoms with van der Waals surface area (Å²) >= 11 is 3.25. The Morgan fingerprint density at radius 2 is 2.47 bits per heavy atom. The van der Waals surface area contributed by atoms with Crippen LogP contribution < -0.4 is 0 Å². The van der Waals surface area contributed by atoms with Gasteiger partial charge in [0.2, 0.25) is 0 Å². The van der Waals surface area contributed by atoms with E-state index in [4.69, 9.17) is 5.11 Å². The second kappa shape index (κ2) is 4.53. The summed E-state index contributed by atoms with van der Waals surface area (Å²) in [5.74, 6) is 0.340. The van der Waals surface area contributed by atoms with Crippen LogP contribution in [-0.2, 0) is 6.42 Å². The average Bonchev–Trinajstić information content (AvgIpc) is 2.86. The maximum Gasteiger partial charge on any atom is 0.347 e. The number of carbonyl (C=O) groups is 1. The molecule has 3 nitrogen and oxygen atoms in total. The molecule has 1 aliphatic rings. The standard InChI is InChI=1S/C10H13NO2S2/c1-2-6-8(10(12)13)15-9(11-6)7-4-3-5-14-7/h7H,2-5H2,1H3,(H,12,13). The molecule has 15 heavy (non-hydrogen) atoms. The fourth-order valence-electron chi connectivity index (χ4n) is 1.69. The van der Waals surface area contributed by atoms with Crippen molar-refractivity contribution in [3.05, 3.63) is 15.6 Å². The molecule has 0 aliphatic carbocycles. The highest BCUT2D eigenvalue weighted by Crippen LogP contribution is 2.42. The molecule has 0 aromatic carbocycles. The first kappa shape index (κ1) is 11.0. The van der Waals surface area contributed by atoms with Crippen LogP contribution in [0.1, 0.15) is 45.4 Å². The van der Waals surface area contributed by atoms with E-state index in [0.29, 0.717) is 16.5 Å². The van der Waals surface area contributed by atoms with Crippen LogP contribution in [-0.4, -0.2) is 21.8 Å². The molecule has 2 heterocycles. The van der Waals surface area contributed by atoms with Gasteiger partial charge in [-0.05, 0) is 25.0 Å². The molecule has 1 N–H and O–H groups in total. The predicted molar refractivity (Wildman–Crippen MR) is 62.9 cm³/mol. The van der Waals surface area contributed by atoms with Gasteiger partial charge < -0.3 is 5.11 Å². The molecule has 1 atom stereocenters. The highest BCUT2D eigenvalue weighted by molar-refractivity contribution is 7.99. The molecule has 82 valence electrons. The molecule has 1 unspecified atom stereocenters. The zero-order valence-electron chi connectivity index (χ0n) is 8.52. The monoisotopic (exact) mass is 243 g/mol. The summed E-state index contributed by atoms with van der Waals surface area (Å²) in [4.78, 5) is 15.9. The Bertz CT molecular complexity index is 369. The van der Waals surface area contributed by atoms with Gasteiger partial charge >= 0.3 is 5.97 Å². The Balaban J connectivity index is 2.29. The molecule has 5 heteroatoms. The molecule has 0 bridgehead atoms. The topological polar surface area (TPSA) is 50.2 Å². The first-order valence-corrected chi connectivity index (χ1v) is 6.93. The zero-order valence-corrected chi connectivity index (χ0v) is 10.2. The summed E-state index contributed by atoms with van der Waals surface area (Å²) in [7, 11) is 0. The lowest BCUT2D eigenvalue weighted by Gasteiger charge is -2.01. The summed E-state index contributed by atoms with van der Waals surface area (Å²) < 4.78 is 0. The van der Waals surface area contributed by atoms with Crippen LogP contribution in [0.4, 0.5) is 0 Å². The number of hydrogen-bond acceptors (Lipinski definition) is 4. The molecule has 0 amide bonds. The fraction of sp³-hybridized carbons (Fsp3) is 0.600. The minimum absolute atomic E-state index is 0.431. The SMILES string of the molecule is CCc1nc(C2CCCS2)sc1C(=O)O. The van der Waals surface area contributed by atoms with Gasteiger partial charge in [-0.25, -0.2) is 9.78 Å². The molecule has 1 fully saturated rings. The van der Waals surface area contributed by atoms with E-state index in [0.717, 1.165) is 17.1 Å². The third-order valence-electron chi connectivity index (χ3n) is 2.45. The number of carboxylic acids is 1. The van der Waals surface area contributed by atoms with Crippen LogP contribution in [0.5, 0.6) is 0 Å². The maximum atomic E-state index is 11.0. The second-order valence-electron chi connectivity index (χ2n) is 3.49. The van der Waals surface area contributed by atoms with E-state index in [1.54, 1.807) is 0 Å². The third kappa shape index (κ3) is 2.18. The zero-order chi connectivity index (χ0) is 10.8. The van der Waals surface area contributed by atoms with Crippen LogP contribution in [0.15, 0.2) is 0 Å². The molecule has 1 aliphatic heterocycles. The van der Waals surface area contributed by atoms with Crippen molar-refractivity contribution >= 4 is 29.1 Å². The van der Waals surface area contributed by atoms with Gasteiger partial charge in [0, 0.05) is 0 Å². The normalized spacial score (nSPS) is 20.7. The van der Waals surface area contributed by atoms with Crippen molar-refractivity contribution in [2.45, 2.75) is 31.4 Å².